The summed E-state index contributed by atoms with van der Waals surface area (Å²) in [6, 6.07) is 0.512. The fraction of sp³-hybridized carbons (Fsp3) is 0.750. The molecule has 4 heteroatoms. The lowest BCUT2D eigenvalue weighted by Crippen LogP contribution is -2.32. The van der Waals surface area contributed by atoms with Gasteiger partial charge in [-0.2, -0.15) is 4.37 Å². The van der Waals surface area contributed by atoms with Gasteiger partial charge in [0, 0.05) is 12.5 Å². The molecule has 0 fully saturated rings. The predicted molar refractivity (Wildman–Crippen MR) is 51.3 cm³/mol. The van der Waals surface area contributed by atoms with Gasteiger partial charge >= 0.3 is 0 Å². The van der Waals surface area contributed by atoms with E-state index in [0.29, 0.717) is 12.0 Å². The van der Waals surface area contributed by atoms with E-state index >= 15 is 0 Å². The Morgan fingerprint density at radius 1 is 1.58 bits per heavy atom. The van der Waals surface area contributed by atoms with E-state index < -0.39 is 0 Å². The van der Waals surface area contributed by atoms with Crippen molar-refractivity contribution in [3.63, 3.8) is 0 Å². The number of rotatable bonds is 4. The van der Waals surface area contributed by atoms with Crippen LogP contribution in [0.2, 0.25) is 0 Å². The van der Waals surface area contributed by atoms with Gasteiger partial charge in [0.1, 0.15) is 11.3 Å². The Bertz CT molecular complexity index is 208. The van der Waals surface area contributed by atoms with Gasteiger partial charge in [0.25, 0.3) is 0 Å². The molecular formula is C8H15N3S. The number of hydrogen-bond acceptors (Lipinski definition) is 4. The largest absolute Gasteiger partial charge is 0.316 e. The molecule has 0 spiro atoms. The number of likely N-dealkylation sites (N-methyl/N-ethyl adjacent to an activating group) is 1. The molecule has 1 atom stereocenters. The van der Waals surface area contributed by atoms with Crippen LogP contribution in [0.1, 0.15) is 18.9 Å². The topological polar surface area (TPSA) is 37.8 Å². The van der Waals surface area contributed by atoms with Crippen molar-refractivity contribution in [1.82, 2.24) is 14.7 Å². The van der Waals surface area contributed by atoms with E-state index in [1.807, 2.05) is 7.05 Å². The summed E-state index contributed by atoms with van der Waals surface area (Å²) >= 11 is 1.48. The van der Waals surface area contributed by atoms with Gasteiger partial charge < -0.3 is 5.32 Å². The summed E-state index contributed by atoms with van der Waals surface area (Å²) in [7, 11) is 1.99. The average molecular weight is 185 g/mol. The summed E-state index contributed by atoms with van der Waals surface area (Å²) in [4.78, 5) is 4.15. The second kappa shape index (κ2) is 4.52. The van der Waals surface area contributed by atoms with Crippen molar-refractivity contribution in [2.75, 3.05) is 7.05 Å². The lowest BCUT2D eigenvalue weighted by Gasteiger charge is -2.18. The average Bonchev–Trinajstić information content (AvgIpc) is 2.51. The summed E-state index contributed by atoms with van der Waals surface area (Å²) in [5.74, 6) is 0.638. The van der Waals surface area contributed by atoms with Gasteiger partial charge in [0.05, 0.1) is 0 Å². The van der Waals surface area contributed by atoms with Crippen LogP contribution in [-0.4, -0.2) is 22.4 Å². The van der Waals surface area contributed by atoms with Crippen LogP contribution in [0.4, 0.5) is 0 Å². The maximum Gasteiger partial charge on any atom is 0.129 e. The van der Waals surface area contributed by atoms with Crippen molar-refractivity contribution in [1.29, 1.82) is 0 Å². The van der Waals surface area contributed by atoms with E-state index in [0.717, 1.165) is 11.4 Å². The van der Waals surface area contributed by atoms with Crippen LogP contribution >= 0.6 is 11.5 Å². The molecule has 0 aliphatic carbocycles. The Balaban J connectivity index is 2.48. The Morgan fingerprint density at radius 2 is 2.33 bits per heavy atom. The van der Waals surface area contributed by atoms with Crippen LogP contribution in [0.5, 0.6) is 0 Å². The van der Waals surface area contributed by atoms with E-state index in [1.165, 1.54) is 11.5 Å². The van der Waals surface area contributed by atoms with E-state index in [1.54, 1.807) is 6.33 Å². The highest BCUT2D eigenvalue weighted by Gasteiger charge is 2.12. The summed E-state index contributed by atoms with van der Waals surface area (Å²) < 4.78 is 3.97. The fourth-order valence-electron chi connectivity index (χ4n) is 1.15. The third-order valence-corrected chi connectivity index (χ3v) is 2.66. The van der Waals surface area contributed by atoms with Crippen LogP contribution in [0.3, 0.4) is 0 Å². The Kier molecular flexibility index (Phi) is 3.62. The maximum atomic E-state index is 4.15. The van der Waals surface area contributed by atoms with E-state index in [9.17, 15) is 0 Å². The molecule has 3 nitrogen and oxygen atoms in total. The van der Waals surface area contributed by atoms with Gasteiger partial charge in [-0.1, -0.05) is 13.8 Å². The molecule has 0 aliphatic heterocycles. The second-order valence-corrected chi connectivity index (χ2v) is 4.04. The number of hydrogen-bond donors (Lipinski definition) is 1. The molecule has 0 amide bonds. The minimum absolute atomic E-state index is 0.512. The lowest BCUT2D eigenvalue weighted by atomic mass is 10.0. The fourth-order valence-corrected chi connectivity index (χ4v) is 1.71. The molecule has 1 rings (SSSR count). The molecule has 68 valence electrons. The molecule has 1 N–H and O–H groups in total. The van der Waals surface area contributed by atoms with Crippen molar-refractivity contribution in [2.45, 2.75) is 26.3 Å². The first-order valence-electron chi connectivity index (χ1n) is 4.17. The van der Waals surface area contributed by atoms with E-state index in [2.05, 4.69) is 28.5 Å². The van der Waals surface area contributed by atoms with Crippen molar-refractivity contribution >= 4 is 11.5 Å². The molecule has 0 aromatic carbocycles. The van der Waals surface area contributed by atoms with Crippen LogP contribution < -0.4 is 5.32 Å². The van der Waals surface area contributed by atoms with Crippen LogP contribution in [0, 0.1) is 5.92 Å². The Morgan fingerprint density at radius 3 is 2.75 bits per heavy atom. The molecule has 0 saturated heterocycles. The van der Waals surface area contributed by atoms with Crippen LogP contribution in [0.15, 0.2) is 6.33 Å². The van der Waals surface area contributed by atoms with Crippen LogP contribution in [-0.2, 0) is 6.42 Å². The molecule has 0 bridgehead atoms. The van der Waals surface area contributed by atoms with E-state index in [-0.39, 0.29) is 0 Å². The molecule has 12 heavy (non-hydrogen) atoms. The zero-order valence-electron chi connectivity index (χ0n) is 7.74. The zero-order valence-corrected chi connectivity index (χ0v) is 8.56. The first-order valence-corrected chi connectivity index (χ1v) is 4.94. The first kappa shape index (κ1) is 9.61. The monoisotopic (exact) mass is 185 g/mol. The van der Waals surface area contributed by atoms with Crippen molar-refractivity contribution in [3.8, 4) is 0 Å². The molecule has 0 saturated carbocycles. The van der Waals surface area contributed by atoms with Crippen molar-refractivity contribution < 1.29 is 0 Å². The summed E-state index contributed by atoms with van der Waals surface area (Å²) in [5.41, 5.74) is 0. The predicted octanol–water partition coefficient (Wildman–Crippen LogP) is 1.32. The molecule has 1 heterocycles. The van der Waals surface area contributed by atoms with Crippen molar-refractivity contribution in [2.24, 2.45) is 5.92 Å². The third kappa shape index (κ3) is 2.53. The third-order valence-electron chi connectivity index (χ3n) is 1.98. The SMILES string of the molecule is CNC(Cc1ncns1)C(C)C. The number of nitrogens with one attached hydrogen (secondary N) is 1. The number of aromatic nitrogens is 2. The molecule has 1 aromatic heterocycles. The summed E-state index contributed by atoms with van der Waals surface area (Å²) in [6.45, 7) is 4.42. The zero-order chi connectivity index (χ0) is 8.97. The van der Waals surface area contributed by atoms with Gasteiger partial charge in [-0.3, -0.25) is 0 Å². The highest BCUT2D eigenvalue weighted by Crippen LogP contribution is 2.09. The lowest BCUT2D eigenvalue weighted by molar-refractivity contribution is 0.424. The minimum atomic E-state index is 0.512. The molecule has 0 aliphatic rings. The van der Waals surface area contributed by atoms with Gasteiger partial charge in [-0.05, 0) is 24.5 Å². The molecule has 1 unspecified atom stereocenters. The molecule has 0 radical (unpaired) electrons. The highest BCUT2D eigenvalue weighted by atomic mass is 32.1. The molecular weight excluding hydrogens is 170 g/mol. The van der Waals surface area contributed by atoms with Crippen molar-refractivity contribution in [3.05, 3.63) is 11.3 Å². The minimum Gasteiger partial charge on any atom is -0.316 e. The standard InChI is InChI=1S/C8H15N3S/c1-6(2)7(9-3)4-8-10-5-11-12-8/h5-7,9H,4H2,1-3H3. The highest BCUT2D eigenvalue weighted by molar-refractivity contribution is 7.05. The quantitative estimate of drug-likeness (QED) is 0.769. The van der Waals surface area contributed by atoms with Gasteiger partial charge in [-0.15, -0.1) is 0 Å². The summed E-state index contributed by atoms with van der Waals surface area (Å²) in [6.07, 6.45) is 2.60. The van der Waals surface area contributed by atoms with Gasteiger partial charge in [0.15, 0.2) is 0 Å². The Labute approximate surface area is 77.4 Å². The van der Waals surface area contributed by atoms with Gasteiger partial charge in [-0.25, -0.2) is 4.98 Å². The van der Waals surface area contributed by atoms with Crippen LogP contribution in [0.25, 0.3) is 0 Å². The molecule has 1 aromatic rings. The first-order chi connectivity index (χ1) is 5.74. The Hall–Kier alpha value is -0.480. The summed E-state index contributed by atoms with van der Waals surface area (Å²) in [5, 5.41) is 4.39. The van der Waals surface area contributed by atoms with E-state index in [4.69, 9.17) is 0 Å². The normalized spacial score (nSPS) is 13.7. The number of nitrogens with zero attached hydrogens (tertiary/aromatic N) is 2. The smallest absolute Gasteiger partial charge is 0.129 e. The maximum absolute atomic E-state index is 4.15. The second-order valence-electron chi connectivity index (χ2n) is 3.18. The van der Waals surface area contributed by atoms with Gasteiger partial charge in [0.2, 0.25) is 0 Å².